The van der Waals surface area contributed by atoms with Gasteiger partial charge in [-0.2, -0.15) is 0 Å². The zero-order valence-corrected chi connectivity index (χ0v) is 10.8. The molecule has 0 aliphatic heterocycles. The van der Waals surface area contributed by atoms with Gasteiger partial charge in [0.2, 0.25) is 0 Å². The van der Waals surface area contributed by atoms with Gasteiger partial charge in [-0.3, -0.25) is 0 Å². The Morgan fingerprint density at radius 2 is 1.40 bits per heavy atom. The van der Waals surface area contributed by atoms with E-state index in [4.69, 9.17) is 6.42 Å². The number of rotatable bonds is 0. The van der Waals surface area contributed by atoms with Crippen LogP contribution in [0, 0.1) is 36.0 Å². The van der Waals surface area contributed by atoms with Gasteiger partial charge in [0.1, 0.15) is 0 Å². The van der Waals surface area contributed by atoms with Crippen LogP contribution in [0.1, 0.15) is 5.56 Å². The van der Waals surface area contributed by atoms with Crippen LogP contribution < -0.4 is 0 Å². The molecule has 0 aromatic heterocycles. The molecule has 0 N–H and O–H groups in total. The highest BCUT2D eigenvalue weighted by Crippen LogP contribution is 2.28. The molecule has 90 valence electrons. The van der Waals surface area contributed by atoms with Crippen LogP contribution in [0.3, 0.4) is 0 Å². The van der Waals surface area contributed by atoms with Gasteiger partial charge in [-0.15, -0.1) is 6.42 Å². The van der Waals surface area contributed by atoms with Crippen molar-refractivity contribution in [3.05, 3.63) is 60.2 Å². The number of fused-ring (bicyclic) bond motifs is 3. The maximum absolute atomic E-state index is 5.08. The molecular weight excluding hydrogens is 240 g/mol. The van der Waals surface area contributed by atoms with E-state index >= 15 is 0 Å². The Bertz CT molecular complexity index is 961. The molecule has 0 nitrogen and oxygen atoms in total. The fourth-order valence-corrected chi connectivity index (χ4v) is 2.32. The molecule has 0 saturated heterocycles. The quantitative estimate of drug-likeness (QED) is 0.418. The molecule has 0 spiro atoms. The van der Waals surface area contributed by atoms with E-state index < -0.39 is 0 Å². The lowest BCUT2D eigenvalue weighted by molar-refractivity contribution is 1.73. The van der Waals surface area contributed by atoms with Crippen LogP contribution in [0.5, 0.6) is 0 Å². The lowest BCUT2D eigenvalue weighted by Crippen LogP contribution is -1.83. The Kier molecular flexibility index (Phi) is 3.12. The average Bonchev–Trinajstić information content (AvgIpc) is 2.51. The summed E-state index contributed by atoms with van der Waals surface area (Å²) in [6.45, 7) is 0. The minimum absolute atomic E-state index is 0.977. The first kappa shape index (κ1) is 11.9. The van der Waals surface area contributed by atoms with Crippen LogP contribution in [0.15, 0.2) is 54.6 Å². The third kappa shape index (κ3) is 2.10. The second-order valence-corrected chi connectivity index (χ2v) is 4.34. The predicted octanol–water partition coefficient (Wildman–Crippen LogP) is 3.98. The van der Waals surface area contributed by atoms with Crippen molar-refractivity contribution in [2.45, 2.75) is 0 Å². The van der Waals surface area contributed by atoms with Gasteiger partial charge in [0.05, 0.1) is 0 Å². The minimum atomic E-state index is 0.977. The lowest BCUT2D eigenvalue weighted by Gasteiger charge is -2.06. The molecule has 0 unspecified atom stereocenters. The van der Waals surface area contributed by atoms with Gasteiger partial charge in [0, 0.05) is 5.56 Å². The van der Waals surface area contributed by atoms with Gasteiger partial charge in [0.15, 0.2) is 0 Å². The summed E-state index contributed by atoms with van der Waals surface area (Å²) >= 11 is 0. The van der Waals surface area contributed by atoms with Gasteiger partial charge >= 0.3 is 0 Å². The number of hydrogen-bond donors (Lipinski definition) is 0. The highest BCUT2D eigenvalue weighted by molar-refractivity contribution is 6.09. The third-order valence-corrected chi connectivity index (χ3v) is 3.16. The smallest absolute Gasteiger partial charge is 0.0340 e. The molecule has 3 rings (SSSR count). The molecule has 0 fully saturated rings. The molecular formula is C20H10. The van der Waals surface area contributed by atoms with Gasteiger partial charge in [-0.05, 0) is 51.3 Å². The topological polar surface area (TPSA) is 0 Å². The van der Waals surface area contributed by atoms with E-state index in [-0.39, 0.29) is 0 Å². The first-order chi connectivity index (χ1) is 9.90. The van der Waals surface area contributed by atoms with Crippen molar-refractivity contribution in [1.29, 1.82) is 0 Å². The molecule has 0 saturated carbocycles. The van der Waals surface area contributed by atoms with Gasteiger partial charge in [0.25, 0.3) is 0 Å². The van der Waals surface area contributed by atoms with Gasteiger partial charge < -0.3 is 0 Å². The summed E-state index contributed by atoms with van der Waals surface area (Å²) in [5.41, 5.74) is 0.977. The van der Waals surface area contributed by atoms with Gasteiger partial charge in [-0.1, -0.05) is 54.5 Å². The molecule has 3 aromatic rings. The Labute approximate surface area is 118 Å². The Morgan fingerprint density at radius 1 is 0.700 bits per heavy atom. The van der Waals surface area contributed by atoms with Crippen LogP contribution >= 0.6 is 0 Å². The maximum atomic E-state index is 5.08. The summed E-state index contributed by atoms with van der Waals surface area (Å²) in [5, 5.41) is 4.77. The van der Waals surface area contributed by atoms with E-state index in [9.17, 15) is 0 Å². The van der Waals surface area contributed by atoms with Crippen LogP contribution in [0.4, 0.5) is 0 Å². The first-order valence-corrected chi connectivity index (χ1v) is 6.27. The second-order valence-electron chi connectivity index (χ2n) is 4.34. The summed E-state index contributed by atoms with van der Waals surface area (Å²) in [4.78, 5) is 0. The normalized spacial score (nSPS) is 9.15. The van der Waals surface area contributed by atoms with E-state index in [1.54, 1.807) is 0 Å². The summed E-state index contributed by atoms with van der Waals surface area (Å²) in [7, 11) is 0. The Hall–Kier alpha value is -3.14. The lowest BCUT2D eigenvalue weighted by atomic mass is 9.97. The van der Waals surface area contributed by atoms with E-state index in [1.807, 2.05) is 18.2 Å². The van der Waals surface area contributed by atoms with E-state index in [0.717, 1.165) is 10.9 Å². The first-order valence-electron chi connectivity index (χ1n) is 6.27. The minimum Gasteiger partial charge on any atom is -0.106 e. The summed E-state index contributed by atoms with van der Waals surface area (Å²) in [6.07, 6.45) is 5.08. The predicted molar refractivity (Wildman–Crippen MR) is 84.9 cm³/mol. The molecule has 0 atom stereocenters. The molecule has 0 heterocycles. The van der Waals surface area contributed by atoms with Crippen LogP contribution in [0.2, 0.25) is 0 Å². The van der Waals surface area contributed by atoms with Crippen molar-refractivity contribution in [3.63, 3.8) is 0 Å². The summed E-state index contributed by atoms with van der Waals surface area (Å²) < 4.78 is 0. The highest BCUT2D eigenvalue weighted by atomic mass is 14.1. The van der Waals surface area contributed by atoms with Crippen LogP contribution in [-0.2, 0) is 0 Å². The van der Waals surface area contributed by atoms with Crippen molar-refractivity contribution in [3.8, 4) is 36.0 Å². The molecule has 20 heavy (non-hydrogen) atoms. The Morgan fingerprint density at radius 3 is 2.20 bits per heavy atom. The highest BCUT2D eigenvalue weighted by Gasteiger charge is 2.03. The average molecular weight is 250 g/mol. The second kappa shape index (κ2) is 5.24. The SMILES string of the molecule is C#CC#CC#Cc1cc2ccccc2c2ccccc12. The monoisotopic (exact) mass is 250 g/mol. The zero-order chi connectivity index (χ0) is 13.8. The molecule has 3 aromatic carbocycles. The standard InChI is InChI=1S/C20H10/c1-2-3-4-5-10-16-15-17-11-6-7-12-18(17)20-14-9-8-13-19(16)20/h1,6-9,11-15H. The number of hydrogen-bond acceptors (Lipinski definition) is 0. The molecule has 0 heteroatoms. The molecule has 0 aliphatic carbocycles. The largest absolute Gasteiger partial charge is 0.106 e. The van der Waals surface area contributed by atoms with Gasteiger partial charge in [-0.25, -0.2) is 0 Å². The fourth-order valence-electron chi connectivity index (χ4n) is 2.32. The van der Waals surface area contributed by atoms with E-state index in [0.29, 0.717) is 0 Å². The van der Waals surface area contributed by atoms with Crippen molar-refractivity contribution < 1.29 is 0 Å². The van der Waals surface area contributed by atoms with Crippen molar-refractivity contribution >= 4 is 21.5 Å². The van der Waals surface area contributed by atoms with Crippen LogP contribution in [-0.4, -0.2) is 0 Å². The number of benzene rings is 3. The fraction of sp³-hybridized carbons (Fsp3) is 0. The van der Waals surface area contributed by atoms with Crippen molar-refractivity contribution in [1.82, 2.24) is 0 Å². The molecule has 0 aliphatic rings. The van der Waals surface area contributed by atoms with Crippen molar-refractivity contribution in [2.24, 2.45) is 0 Å². The third-order valence-electron chi connectivity index (χ3n) is 3.16. The summed E-state index contributed by atoms with van der Waals surface area (Å²) in [5.74, 6) is 13.3. The maximum Gasteiger partial charge on any atom is 0.0340 e. The number of terminal acetylenes is 1. The van der Waals surface area contributed by atoms with Crippen LogP contribution in [0.25, 0.3) is 21.5 Å². The zero-order valence-electron chi connectivity index (χ0n) is 10.8. The van der Waals surface area contributed by atoms with E-state index in [1.165, 1.54) is 16.2 Å². The Balaban J connectivity index is 2.34. The summed E-state index contributed by atoms with van der Waals surface area (Å²) in [6, 6.07) is 18.7. The molecule has 0 amide bonds. The van der Waals surface area contributed by atoms with E-state index in [2.05, 4.69) is 66.0 Å². The molecule has 0 bridgehead atoms. The molecule has 0 radical (unpaired) electrons. The van der Waals surface area contributed by atoms with Crippen molar-refractivity contribution in [2.75, 3.05) is 0 Å².